The normalized spacial score (nSPS) is 26.4. The summed E-state index contributed by atoms with van der Waals surface area (Å²) < 4.78 is 4.88. The van der Waals surface area contributed by atoms with Crippen molar-refractivity contribution in [3.8, 4) is 0 Å². The summed E-state index contributed by atoms with van der Waals surface area (Å²) in [6.07, 6.45) is 6.63. The number of carbonyl (C=O) groups is 1. The number of carbonyl (C=O) groups excluding carboxylic acids is 1. The van der Waals surface area contributed by atoms with E-state index in [2.05, 4.69) is 26.9 Å². The molecule has 4 rings (SSSR count). The molecule has 2 fully saturated rings. The highest BCUT2D eigenvalue weighted by Gasteiger charge is 2.41. The molecule has 1 amide bonds. The number of hydrogen-bond donors (Lipinski definition) is 1. The van der Waals surface area contributed by atoms with Crippen LogP contribution in [-0.2, 0) is 4.74 Å². The highest BCUT2D eigenvalue weighted by molar-refractivity contribution is 5.87. The van der Waals surface area contributed by atoms with E-state index in [0.717, 1.165) is 49.2 Å². The number of nitrogens with one attached hydrogen (secondary N) is 1. The SMILES string of the molecule is COC(=O)N1CC[C@@H]2C[C@@H](N(C)c3ncnc4[nH]ccc34)C[C@H]2C1. The molecule has 0 spiro atoms. The Morgan fingerprint density at radius 1 is 1.38 bits per heavy atom. The van der Waals surface area contributed by atoms with Gasteiger partial charge in [0.1, 0.15) is 17.8 Å². The molecule has 7 heteroatoms. The molecular formula is C17H23N5O2. The van der Waals surface area contributed by atoms with Crippen LogP contribution >= 0.6 is 0 Å². The van der Waals surface area contributed by atoms with Crippen LogP contribution in [-0.4, -0.2) is 59.2 Å². The van der Waals surface area contributed by atoms with Crippen LogP contribution in [0.5, 0.6) is 0 Å². The largest absolute Gasteiger partial charge is 0.453 e. The maximum atomic E-state index is 11.8. The summed E-state index contributed by atoms with van der Waals surface area (Å²) in [5, 5.41) is 1.06. The lowest BCUT2D eigenvalue weighted by atomic mass is 9.89. The summed E-state index contributed by atoms with van der Waals surface area (Å²) in [6, 6.07) is 2.48. The average Bonchev–Trinajstić information content (AvgIpc) is 3.25. The zero-order valence-corrected chi connectivity index (χ0v) is 14.1. The molecule has 24 heavy (non-hydrogen) atoms. The minimum atomic E-state index is -0.199. The van der Waals surface area contributed by atoms with Gasteiger partial charge in [0.05, 0.1) is 12.5 Å². The van der Waals surface area contributed by atoms with E-state index in [1.54, 1.807) is 6.33 Å². The fourth-order valence-corrected chi connectivity index (χ4v) is 4.38. The molecule has 0 aromatic carbocycles. The van der Waals surface area contributed by atoms with Gasteiger partial charge in [-0.1, -0.05) is 0 Å². The van der Waals surface area contributed by atoms with E-state index >= 15 is 0 Å². The smallest absolute Gasteiger partial charge is 0.409 e. The Morgan fingerprint density at radius 3 is 3.04 bits per heavy atom. The van der Waals surface area contributed by atoms with Crippen LogP contribution < -0.4 is 4.90 Å². The third-order valence-electron chi connectivity index (χ3n) is 5.69. The van der Waals surface area contributed by atoms with Crippen LogP contribution in [0, 0.1) is 11.8 Å². The van der Waals surface area contributed by atoms with E-state index < -0.39 is 0 Å². The van der Waals surface area contributed by atoms with Gasteiger partial charge < -0.3 is 19.5 Å². The van der Waals surface area contributed by atoms with Gasteiger partial charge in [-0.3, -0.25) is 0 Å². The highest BCUT2D eigenvalue weighted by Crippen LogP contribution is 2.41. The Hall–Kier alpha value is -2.31. The van der Waals surface area contributed by atoms with Crippen LogP contribution in [0.1, 0.15) is 19.3 Å². The number of likely N-dealkylation sites (tertiary alicyclic amines) is 1. The molecule has 2 aliphatic rings. The van der Waals surface area contributed by atoms with E-state index in [1.807, 2.05) is 17.2 Å². The first kappa shape index (κ1) is 15.2. The molecule has 1 aliphatic heterocycles. The maximum absolute atomic E-state index is 11.8. The first-order valence-corrected chi connectivity index (χ1v) is 8.51. The number of H-pyrrole nitrogens is 1. The van der Waals surface area contributed by atoms with Crippen molar-refractivity contribution in [2.24, 2.45) is 11.8 Å². The number of aromatic amines is 1. The number of amides is 1. The van der Waals surface area contributed by atoms with Crippen molar-refractivity contribution in [3.05, 3.63) is 18.6 Å². The lowest BCUT2D eigenvalue weighted by Gasteiger charge is -2.33. The van der Waals surface area contributed by atoms with E-state index in [4.69, 9.17) is 4.74 Å². The van der Waals surface area contributed by atoms with Gasteiger partial charge in [0.2, 0.25) is 0 Å². The zero-order chi connectivity index (χ0) is 16.7. The highest BCUT2D eigenvalue weighted by atomic mass is 16.5. The monoisotopic (exact) mass is 329 g/mol. The van der Waals surface area contributed by atoms with Crippen molar-refractivity contribution in [2.45, 2.75) is 25.3 Å². The van der Waals surface area contributed by atoms with E-state index in [-0.39, 0.29) is 6.09 Å². The summed E-state index contributed by atoms with van der Waals surface area (Å²) in [6.45, 7) is 1.62. The molecule has 0 bridgehead atoms. The van der Waals surface area contributed by atoms with Crippen molar-refractivity contribution in [1.29, 1.82) is 0 Å². The number of aromatic nitrogens is 3. The van der Waals surface area contributed by atoms with Crippen molar-refractivity contribution in [2.75, 3.05) is 32.1 Å². The summed E-state index contributed by atoms with van der Waals surface area (Å²) in [7, 11) is 3.58. The van der Waals surface area contributed by atoms with E-state index in [9.17, 15) is 4.79 Å². The quantitative estimate of drug-likeness (QED) is 0.915. The summed E-state index contributed by atoms with van der Waals surface area (Å²) >= 11 is 0. The molecule has 1 aliphatic carbocycles. The second kappa shape index (κ2) is 5.96. The number of methoxy groups -OCH3 is 1. The molecule has 0 unspecified atom stereocenters. The molecule has 1 N–H and O–H groups in total. The van der Waals surface area contributed by atoms with Crippen LogP contribution in [0.25, 0.3) is 11.0 Å². The summed E-state index contributed by atoms with van der Waals surface area (Å²) in [5.74, 6) is 2.21. The van der Waals surface area contributed by atoms with Gasteiger partial charge in [-0.25, -0.2) is 14.8 Å². The Balaban J connectivity index is 1.50. The first-order valence-electron chi connectivity index (χ1n) is 8.51. The first-order chi connectivity index (χ1) is 11.7. The second-order valence-electron chi connectivity index (χ2n) is 6.90. The predicted molar refractivity (Wildman–Crippen MR) is 90.9 cm³/mol. The Morgan fingerprint density at radius 2 is 2.21 bits per heavy atom. The van der Waals surface area contributed by atoms with Gasteiger partial charge in [0.15, 0.2) is 0 Å². The van der Waals surface area contributed by atoms with Crippen LogP contribution in [0.2, 0.25) is 0 Å². The minimum Gasteiger partial charge on any atom is -0.453 e. The standard InChI is InChI=1S/C17H23N5O2/c1-21(16-14-3-5-18-15(14)19-10-20-16)13-7-11-4-6-22(17(23)24-2)9-12(11)8-13/h3,5,10-13H,4,6-9H2,1-2H3,(H,18,19,20)/t11-,12+,13-/m1/s1. The third kappa shape index (κ3) is 2.48. The zero-order valence-electron chi connectivity index (χ0n) is 14.1. The summed E-state index contributed by atoms with van der Waals surface area (Å²) in [4.78, 5) is 27.8. The van der Waals surface area contributed by atoms with Crippen molar-refractivity contribution < 1.29 is 9.53 Å². The number of fused-ring (bicyclic) bond motifs is 2. The molecular weight excluding hydrogens is 306 g/mol. The van der Waals surface area contributed by atoms with Crippen molar-refractivity contribution >= 4 is 22.9 Å². The third-order valence-corrected chi connectivity index (χ3v) is 5.69. The molecule has 2 aromatic heterocycles. The Bertz CT molecular complexity index is 745. The number of rotatable bonds is 2. The molecule has 3 atom stereocenters. The number of nitrogens with zero attached hydrogens (tertiary/aromatic N) is 4. The molecule has 0 radical (unpaired) electrons. The van der Waals surface area contributed by atoms with Gasteiger partial charge in [-0.05, 0) is 37.2 Å². The van der Waals surface area contributed by atoms with Crippen molar-refractivity contribution in [1.82, 2.24) is 19.9 Å². The van der Waals surface area contributed by atoms with Crippen molar-refractivity contribution in [3.63, 3.8) is 0 Å². The lowest BCUT2D eigenvalue weighted by molar-refractivity contribution is 0.0904. The van der Waals surface area contributed by atoms with Gasteiger partial charge in [0, 0.05) is 32.4 Å². The number of anilines is 1. The van der Waals surface area contributed by atoms with Crippen LogP contribution in [0.4, 0.5) is 10.6 Å². The average molecular weight is 329 g/mol. The second-order valence-corrected chi connectivity index (χ2v) is 6.90. The molecule has 128 valence electrons. The van der Waals surface area contributed by atoms with Gasteiger partial charge in [-0.15, -0.1) is 0 Å². The molecule has 3 heterocycles. The van der Waals surface area contributed by atoms with Gasteiger partial charge in [0.25, 0.3) is 0 Å². The number of hydrogen-bond acceptors (Lipinski definition) is 5. The Labute approximate surface area is 141 Å². The Kier molecular flexibility index (Phi) is 3.78. The number of piperidine rings is 1. The fraction of sp³-hybridized carbons (Fsp3) is 0.588. The van der Waals surface area contributed by atoms with E-state index in [1.165, 1.54) is 7.11 Å². The molecule has 1 saturated heterocycles. The minimum absolute atomic E-state index is 0.199. The van der Waals surface area contributed by atoms with Crippen LogP contribution in [0.15, 0.2) is 18.6 Å². The van der Waals surface area contributed by atoms with E-state index in [0.29, 0.717) is 17.9 Å². The summed E-state index contributed by atoms with van der Waals surface area (Å²) in [5.41, 5.74) is 0.874. The fourth-order valence-electron chi connectivity index (χ4n) is 4.38. The molecule has 1 saturated carbocycles. The van der Waals surface area contributed by atoms with Crippen LogP contribution in [0.3, 0.4) is 0 Å². The topological polar surface area (TPSA) is 74.3 Å². The van der Waals surface area contributed by atoms with Gasteiger partial charge in [-0.2, -0.15) is 0 Å². The maximum Gasteiger partial charge on any atom is 0.409 e. The lowest BCUT2D eigenvalue weighted by Crippen LogP contribution is -2.42. The molecule has 7 nitrogen and oxygen atoms in total. The predicted octanol–water partition coefficient (Wildman–Crippen LogP) is 2.26. The van der Waals surface area contributed by atoms with Gasteiger partial charge >= 0.3 is 6.09 Å². The molecule has 2 aromatic rings. The number of ether oxygens (including phenoxy) is 1.